The van der Waals surface area contributed by atoms with Crippen molar-refractivity contribution >= 4 is 18.2 Å². The Labute approximate surface area is 258 Å². The van der Waals surface area contributed by atoms with Gasteiger partial charge in [-0.1, -0.05) is 30.4 Å². The van der Waals surface area contributed by atoms with Gasteiger partial charge in [0.2, 0.25) is 0 Å². The van der Waals surface area contributed by atoms with Crippen LogP contribution >= 0.6 is 0 Å². The van der Waals surface area contributed by atoms with E-state index in [1.165, 1.54) is 40.9 Å². The minimum Gasteiger partial charge on any atom is -0.444 e. The molecule has 2 aromatic heterocycles. The van der Waals surface area contributed by atoms with Crippen molar-refractivity contribution in [1.29, 1.82) is 0 Å². The lowest BCUT2D eigenvalue weighted by Gasteiger charge is -2.28. The fourth-order valence-electron chi connectivity index (χ4n) is 6.75. The highest BCUT2D eigenvalue weighted by Gasteiger charge is 2.33. The second-order valence-electron chi connectivity index (χ2n) is 13.3. The first kappa shape index (κ1) is 31.4. The second-order valence-corrected chi connectivity index (χ2v) is 13.3. The highest BCUT2D eigenvalue weighted by atomic mass is 16.6. The largest absolute Gasteiger partial charge is 0.444 e. The van der Waals surface area contributed by atoms with E-state index < -0.39 is 5.60 Å². The van der Waals surface area contributed by atoms with Crippen LogP contribution in [0.4, 0.5) is 4.79 Å². The van der Waals surface area contributed by atoms with Gasteiger partial charge in [-0.2, -0.15) is 0 Å². The van der Waals surface area contributed by atoms with Crippen molar-refractivity contribution < 1.29 is 14.3 Å². The minimum absolute atomic E-state index is 0.183. The number of aromatic nitrogens is 2. The fraction of sp³-hybridized carbons (Fsp3) is 0.583. The predicted molar refractivity (Wildman–Crippen MR) is 175 cm³/mol. The first-order valence-electron chi connectivity index (χ1n) is 16.5. The van der Waals surface area contributed by atoms with E-state index in [0.717, 1.165) is 64.7 Å². The monoisotopic (exact) mass is 588 g/mol. The SMILES string of the molecule is C/C=C\C=C/c1cc(C[C@@H]2CCCN2)cn1CCOCCn1cc(C[C@@H]2CCCN2C(=O)OC(C)(C)C)c2c1CCC=C2. The number of allylic oxidation sites excluding steroid dienone is 4. The maximum absolute atomic E-state index is 12.9. The van der Waals surface area contributed by atoms with Crippen LogP contribution in [0.5, 0.6) is 0 Å². The molecule has 2 atom stereocenters. The molecule has 4 heterocycles. The molecule has 2 fully saturated rings. The Morgan fingerprint density at radius 2 is 1.91 bits per heavy atom. The summed E-state index contributed by atoms with van der Waals surface area (Å²) in [7, 11) is 0. The topological polar surface area (TPSA) is 60.7 Å². The van der Waals surface area contributed by atoms with Crippen LogP contribution in [0, 0.1) is 0 Å². The number of ether oxygens (including phenoxy) is 2. The van der Waals surface area contributed by atoms with E-state index in [9.17, 15) is 4.79 Å². The first-order chi connectivity index (χ1) is 20.8. The van der Waals surface area contributed by atoms with E-state index in [1.807, 2.05) is 32.6 Å². The number of carbonyl (C=O) groups excluding carboxylic acids is 1. The molecule has 0 unspecified atom stereocenters. The predicted octanol–water partition coefficient (Wildman–Crippen LogP) is 6.79. The van der Waals surface area contributed by atoms with E-state index >= 15 is 0 Å². The molecule has 2 aliphatic heterocycles. The minimum atomic E-state index is -0.475. The molecule has 0 bridgehead atoms. The number of nitrogens with one attached hydrogen (secondary N) is 1. The lowest BCUT2D eigenvalue weighted by Crippen LogP contribution is -2.40. The third kappa shape index (κ3) is 8.54. The molecule has 1 N–H and O–H groups in total. The van der Waals surface area contributed by atoms with Crippen LogP contribution in [-0.4, -0.2) is 64.1 Å². The van der Waals surface area contributed by atoms with Crippen LogP contribution in [0.25, 0.3) is 12.2 Å². The van der Waals surface area contributed by atoms with E-state index in [-0.39, 0.29) is 12.1 Å². The lowest BCUT2D eigenvalue weighted by atomic mass is 9.97. The molecule has 0 radical (unpaired) electrons. The zero-order valence-electron chi connectivity index (χ0n) is 26.8. The van der Waals surface area contributed by atoms with Crippen LogP contribution in [0.15, 0.2) is 42.8 Å². The number of amides is 1. The highest BCUT2D eigenvalue weighted by molar-refractivity contribution is 5.69. The van der Waals surface area contributed by atoms with E-state index in [1.54, 1.807) is 0 Å². The van der Waals surface area contributed by atoms with Crippen molar-refractivity contribution in [2.24, 2.45) is 0 Å². The molecule has 234 valence electrons. The Hall–Kier alpha value is -3.03. The molecule has 0 spiro atoms. The van der Waals surface area contributed by atoms with E-state index in [2.05, 4.69) is 69.4 Å². The van der Waals surface area contributed by atoms with Gasteiger partial charge in [-0.3, -0.25) is 0 Å². The van der Waals surface area contributed by atoms with Crippen molar-refractivity contribution in [1.82, 2.24) is 19.4 Å². The summed E-state index contributed by atoms with van der Waals surface area (Å²) in [6, 6.07) is 3.12. The van der Waals surface area contributed by atoms with Gasteiger partial charge < -0.3 is 28.8 Å². The zero-order valence-corrected chi connectivity index (χ0v) is 26.8. The van der Waals surface area contributed by atoms with Crippen LogP contribution in [0.1, 0.15) is 87.9 Å². The third-order valence-electron chi connectivity index (χ3n) is 8.76. The summed E-state index contributed by atoms with van der Waals surface area (Å²) in [6.45, 7) is 12.8. The highest BCUT2D eigenvalue weighted by Crippen LogP contribution is 2.30. The number of rotatable bonds is 12. The van der Waals surface area contributed by atoms with Gasteiger partial charge in [0.15, 0.2) is 0 Å². The molecule has 0 aromatic carbocycles. The first-order valence-corrected chi connectivity index (χ1v) is 16.5. The molecule has 1 aliphatic carbocycles. The Kier molecular flexibility index (Phi) is 10.7. The summed E-state index contributed by atoms with van der Waals surface area (Å²) in [5, 5.41) is 3.63. The summed E-state index contributed by atoms with van der Waals surface area (Å²) >= 11 is 0. The van der Waals surface area contributed by atoms with E-state index in [0.29, 0.717) is 19.3 Å². The fourth-order valence-corrected chi connectivity index (χ4v) is 6.75. The van der Waals surface area contributed by atoms with Crippen LogP contribution in [0.2, 0.25) is 0 Å². The molecule has 1 amide bonds. The van der Waals surface area contributed by atoms with Crippen LogP contribution in [-0.2, 0) is 41.8 Å². The van der Waals surface area contributed by atoms with Crippen molar-refractivity contribution in [2.45, 2.75) is 110 Å². The number of fused-ring (bicyclic) bond motifs is 1. The smallest absolute Gasteiger partial charge is 0.410 e. The molecular weight excluding hydrogens is 536 g/mol. The summed E-state index contributed by atoms with van der Waals surface area (Å²) in [6.07, 6.45) is 26.1. The number of carbonyl (C=O) groups is 1. The Morgan fingerprint density at radius 1 is 1.07 bits per heavy atom. The Bertz CT molecular complexity index is 1300. The maximum atomic E-state index is 12.9. The van der Waals surface area contributed by atoms with Crippen molar-refractivity contribution in [3.8, 4) is 0 Å². The summed E-state index contributed by atoms with van der Waals surface area (Å²) < 4.78 is 16.7. The van der Waals surface area contributed by atoms with Crippen molar-refractivity contribution in [2.75, 3.05) is 26.3 Å². The van der Waals surface area contributed by atoms with Gasteiger partial charge in [0.05, 0.1) is 13.2 Å². The average molecular weight is 589 g/mol. The molecule has 0 saturated carbocycles. The Balaban J connectivity index is 1.17. The number of likely N-dealkylation sites (tertiary alicyclic amines) is 1. The van der Waals surface area contributed by atoms with Gasteiger partial charge in [-0.15, -0.1) is 0 Å². The molecule has 2 aromatic rings. The van der Waals surface area contributed by atoms with E-state index in [4.69, 9.17) is 9.47 Å². The van der Waals surface area contributed by atoms with Gasteiger partial charge in [-0.25, -0.2) is 4.79 Å². The van der Waals surface area contributed by atoms with Gasteiger partial charge in [0.1, 0.15) is 5.60 Å². The Morgan fingerprint density at radius 3 is 2.67 bits per heavy atom. The molecular formula is C36H52N4O3. The average Bonchev–Trinajstić information content (AvgIpc) is 3.77. The standard InChI is InChI=1S/C36H52N4O3/c1-5-6-7-13-31-24-28(23-30-12-10-17-37-30)26-38(31)19-21-42-22-20-39-27-29(33-15-8-9-16-34(33)39)25-32-14-11-18-40(32)35(41)43-36(2,3)4/h5-8,13,15,24,26-27,30,32,37H,9-12,14,16-23,25H2,1-4H3/b6-5-,13-7-/t30-,32-/m0/s1. The normalized spacial score (nSPS) is 20.6. The molecule has 5 rings (SSSR count). The summed E-state index contributed by atoms with van der Waals surface area (Å²) in [4.78, 5) is 14.8. The molecule has 2 saturated heterocycles. The molecule has 7 nitrogen and oxygen atoms in total. The third-order valence-corrected chi connectivity index (χ3v) is 8.76. The van der Waals surface area contributed by atoms with Gasteiger partial charge in [-0.05, 0) is 114 Å². The van der Waals surface area contributed by atoms with Gasteiger partial charge in [0.25, 0.3) is 0 Å². The van der Waals surface area contributed by atoms with Gasteiger partial charge in [0, 0.05) is 55.5 Å². The molecule has 7 heteroatoms. The lowest BCUT2D eigenvalue weighted by molar-refractivity contribution is 0.0226. The zero-order chi connectivity index (χ0) is 30.2. The number of hydrogen-bond acceptors (Lipinski definition) is 4. The van der Waals surface area contributed by atoms with Crippen molar-refractivity contribution in [3.63, 3.8) is 0 Å². The van der Waals surface area contributed by atoms with Crippen LogP contribution in [0.3, 0.4) is 0 Å². The van der Waals surface area contributed by atoms with Gasteiger partial charge >= 0.3 is 6.09 Å². The second kappa shape index (κ2) is 14.6. The van der Waals surface area contributed by atoms with Crippen molar-refractivity contribution in [3.05, 3.63) is 70.8 Å². The quantitative estimate of drug-likeness (QED) is 0.219. The number of hydrogen-bond donors (Lipinski definition) is 1. The maximum Gasteiger partial charge on any atom is 0.410 e. The summed E-state index contributed by atoms with van der Waals surface area (Å²) in [5.41, 5.74) is 6.23. The van der Waals surface area contributed by atoms with Crippen LogP contribution < -0.4 is 5.32 Å². The molecule has 43 heavy (non-hydrogen) atoms. The molecule has 3 aliphatic rings. The summed E-state index contributed by atoms with van der Waals surface area (Å²) in [5.74, 6) is 0. The number of nitrogens with zero attached hydrogens (tertiary/aromatic N) is 3.